The average Bonchev–Trinajstić information content (AvgIpc) is 2.17. The topological polar surface area (TPSA) is 26.0 Å². The summed E-state index contributed by atoms with van der Waals surface area (Å²) < 4.78 is 1.13. The van der Waals surface area contributed by atoms with Crippen LogP contribution in [0.5, 0.6) is 0 Å². The average molecular weight is 302 g/mol. The second kappa shape index (κ2) is 6.67. The second-order valence-electron chi connectivity index (χ2n) is 4.56. The Morgan fingerprint density at radius 2 is 2.00 bits per heavy atom. The fourth-order valence-electron chi connectivity index (χ4n) is 1.53. The molecule has 0 aliphatic rings. The highest BCUT2D eigenvalue weighted by atomic mass is 79.9. The summed E-state index contributed by atoms with van der Waals surface area (Å²) in [5.74, 6) is 1.86. The van der Waals surface area contributed by atoms with Gasteiger partial charge in [-0.25, -0.2) is 0 Å². The van der Waals surface area contributed by atoms with E-state index in [4.69, 9.17) is 5.73 Å². The van der Waals surface area contributed by atoms with E-state index in [9.17, 15) is 0 Å². The smallest absolute Gasteiger partial charge is 0.0446 e. The van der Waals surface area contributed by atoms with Crippen LogP contribution >= 0.6 is 27.7 Å². The number of hydrogen-bond acceptors (Lipinski definition) is 2. The first kappa shape index (κ1) is 14.1. The molecule has 0 saturated heterocycles. The third-order valence-corrected chi connectivity index (χ3v) is 4.68. The molecule has 0 heterocycles. The SMILES string of the molecule is CC(C)CSC(c1cccc(Br)c1)C(C)N. The van der Waals surface area contributed by atoms with Crippen LogP contribution in [0.2, 0.25) is 0 Å². The molecule has 0 fully saturated rings. The van der Waals surface area contributed by atoms with Crippen LogP contribution in [0, 0.1) is 5.92 Å². The van der Waals surface area contributed by atoms with Crippen LogP contribution < -0.4 is 5.73 Å². The molecule has 2 atom stereocenters. The molecule has 0 saturated carbocycles. The van der Waals surface area contributed by atoms with E-state index in [0.717, 1.165) is 10.2 Å². The lowest BCUT2D eigenvalue weighted by Gasteiger charge is -2.22. The van der Waals surface area contributed by atoms with Gasteiger partial charge in [0.1, 0.15) is 0 Å². The molecule has 0 spiro atoms. The van der Waals surface area contributed by atoms with Crippen molar-refractivity contribution in [3.8, 4) is 0 Å². The van der Waals surface area contributed by atoms with E-state index in [2.05, 4.69) is 61.0 Å². The van der Waals surface area contributed by atoms with Gasteiger partial charge in [-0.3, -0.25) is 0 Å². The molecule has 0 aromatic heterocycles. The van der Waals surface area contributed by atoms with Gasteiger partial charge in [-0.2, -0.15) is 11.8 Å². The standard InChI is InChI=1S/C13H20BrNS/c1-9(2)8-16-13(10(3)15)11-5-4-6-12(14)7-11/h4-7,9-10,13H,8,15H2,1-3H3. The highest BCUT2D eigenvalue weighted by molar-refractivity contribution is 9.10. The summed E-state index contributed by atoms with van der Waals surface area (Å²) in [7, 11) is 0. The summed E-state index contributed by atoms with van der Waals surface area (Å²) in [6.45, 7) is 6.57. The predicted octanol–water partition coefficient (Wildman–Crippen LogP) is 4.23. The molecule has 90 valence electrons. The van der Waals surface area contributed by atoms with E-state index >= 15 is 0 Å². The van der Waals surface area contributed by atoms with Crippen molar-refractivity contribution in [2.45, 2.75) is 32.1 Å². The second-order valence-corrected chi connectivity index (χ2v) is 6.65. The van der Waals surface area contributed by atoms with E-state index in [0.29, 0.717) is 11.2 Å². The predicted molar refractivity (Wildman–Crippen MR) is 77.8 cm³/mol. The maximum Gasteiger partial charge on any atom is 0.0446 e. The first-order valence-electron chi connectivity index (χ1n) is 5.63. The van der Waals surface area contributed by atoms with Crippen LogP contribution in [0.1, 0.15) is 31.6 Å². The fourth-order valence-corrected chi connectivity index (χ4v) is 3.18. The molecule has 2 N–H and O–H groups in total. The molecular weight excluding hydrogens is 282 g/mol. The Morgan fingerprint density at radius 1 is 1.31 bits per heavy atom. The monoisotopic (exact) mass is 301 g/mol. The van der Waals surface area contributed by atoms with Crippen LogP contribution in [0.4, 0.5) is 0 Å². The van der Waals surface area contributed by atoms with Crippen molar-refractivity contribution in [2.24, 2.45) is 11.7 Å². The Morgan fingerprint density at radius 3 is 2.50 bits per heavy atom. The molecule has 0 aliphatic heterocycles. The van der Waals surface area contributed by atoms with Crippen molar-refractivity contribution in [2.75, 3.05) is 5.75 Å². The molecule has 0 amide bonds. The maximum absolute atomic E-state index is 6.07. The minimum Gasteiger partial charge on any atom is -0.327 e. The van der Waals surface area contributed by atoms with Crippen LogP contribution in [-0.2, 0) is 0 Å². The minimum atomic E-state index is 0.179. The number of halogens is 1. The summed E-state index contributed by atoms with van der Waals surface area (Å²) in [6.07, 6.45) is 0. The normalized spacial score (nSPS) is 15.1. The van der Waals surface area contributed by atoms with Gasteiger partial charge in [0.15, 0.2) is 0 Å². The Labute approximate surface area is 111 Å². The van der Waals surface area contributed by atoms with Gasteiger partial charge in [0.05, 0.1) is 0 Å². The van der Waals surface area contributed by atoms with Gasteiger partial charge < -0.3 is 5.73 Å². The lowest BCUT2D eigenvalue weighted by molar-refractivity contribution is 0.706. The first-order valence-corrected chi connectivity index (χ1v) is 7.47. The Bertz CT molecular complexity index is 325. The largest absolute Gasteiger partial charge is 0.327 e. The summed E-state index contributed by atoms with van der Waals surface area (Å²) in [5, 5.41) is 0.389. The van der Waals surface area contributed by atoms with Gasteiger partial charge in [-0.1, -0.05) is 41.9 Å². The molecule has 1 aromatic rings. The number of thioether (sulfide) groups is 1. The van der Waals surface area contributed by atoms with Crippen molar-refractivity contribution in [3.63, 3.8) is 0 Å². The number of nitrogens with two attached hydrogens (primary N) is 1. The fraction of sp³-hybridized carbons (Fsp3) is 0.538. The van der Waals surface area contributed by atoms with Crippen molar-refractivity contribution in [3.05, 3.63) is 34.3 Å². The van der Waals surface area contributed by atoms with Crippen molar-refractivity contribution >= 4 is 27.7 Å². The number of rotatable bonds is 5. The molecule has 0 bridgehead atoms. The third kappa shape index (κ3) is 4.48. The summed E-state index contributed by atoms with van der Waals surface area (Å²) >= 11 is 5.46. The molecule has 1 rings (SSSR count). The highest BCUT2D eigenvalue weighted by Gasteiger charge is 2.17. The number of hydrogen-bond donors (Lipinski definition) is 1. The van der Waals surface area contributed by atoms with Gasteiger partial charge in [0.2, 0.25) is 0 Å². The quantitative estimate of drug-likeness (QED) is 0.881. The van der Waals surface area contributed by atoms with E-state index in [1.54, 1.807) is 0 Å². The summed E-state index contributed by atoms with van der Waals surface area (Å²) in [4.78, 5) is 0. The van der Waals surface area contributed by atoms with Crippen LogP contribution in [0.25, 0.3) is 0 Å². The molecule has 1 aromatic carbocycles. The molecule has 3 heteroatoms. The van der Waals surface area contributed by atoms with E-state index < -0.39 is 0 Å². The van der Waals surface area contributed by atoms with Crippen LogP contribution in [0.3, 0.4) is 0 Å². The van der Waals surface area contributed by atoms with Gasteiger partial charge >= 0.3 is 0 Å². The Balaban J connectivity index is 2.77. The number of benzene rings is 1. The van der Waals surface area contributed by atoms with E-state index in [1.807, 2.05) is 11.8 Å². The summed E-state index contributed by atoms with van der Waals surface area (Å²) in [6, 6.07) is 8.63. The van der Waals surface area contributed by atoms with Crippen molar-refractivity contribution in [1.82, 2.24) is 0 Å². The van der Waals surface area contributed by atoms with Gasteiger partial charge in [-0.15, -0.1) is 0 Å². The van der Waals surface area contributed by atoms with Crippen molar-refractivity contribution < 1.29 is 0 Å². The lowest BCUT2D eigenvalue weighted by Crippen LogP contribution is -2.23. The lowest BCUT2D eigenvalue weighted by atomic mass is 10.1. The maximum atomic E-state index is 6.07. The zero-order chi connectivity index (χ0) is 12.1. The third-order valence-electron chi connectivity index (χ3n) is 2.26. The van der Waals surface area contributed by atoms with Gasteiger partial charge in [0, 0.05) is 15.8 Å². The molecule has 1 nitrogen and oxygen atoms in total. The van der Waals surface area contributed by atoms with Crippen LogP contribution in [-0.4, -0.2) is 11.8 Å². The zero-order valence-corrected chi connectivity index (χ0v) is 12.5. The van der Waals surface area contributed by atoms with Gasteiger partial charge in [0.25, 0.3) is 0 Å². The van der Waals surface area contributed by atoms with Crippen LogP contribution in [0.15, 0.2) is 28.7 Å². The van der Waals surface area contributed by atoms with Gasteiger partial charge in [-0.05, 0) is 36.3 Å². The summed E-state index contributed by atoms with van der Waals surface area (Å²) in [5.41, 5.74) is 7.38. The molecule has 0 radical (unpaired) electrons. The molecular formula is C13H20BrNS. The van der Waals surface area contributed by atoms with E-state index in [-0.39, 0.29) is 6.04 Å². The molecule has 0 aliphatic carbocycles. The first-order chi connectivity index (χ1) is 7.50. The molecule has 16 heavy (non-hydrogen) atoms. The minimum absolute atomic E-state index is 0.179. The van der Waals surface area contributed by atoms with Crippen molar-refractivity contribution in [1.29, 1.82) is 0 Å². The zero-order valence-electron chi connectivity index (χ0n) is 10.1. The van der Waals surface area contributed by atoms with E-state index in [1.165, 1.54) is 5.56 Å². The Hall–Kier alpha value is 0.01000. The Kier molecular flexibility index (Phi) is 5.87. The highest BCUT2D eigenvalue weighted by Crippen LogP contribution is 2.33. The molecule has 2 unspecified atom stereocenters.